The molecule has 0 spiro atoms. The maximum absolute atomic E-state index is 12.2. The van der Waals surface area contributed by atoms with E-state index in [0.717, 1.165) is 26.3 Å². The molecule has 1 N–H and O–H groups in total. The summed E-state index contributed by atoms with van der Waals surface area (Å²) >= 11 is 1.53. The van der Waals surface area contributed by atoms with Gasteiger partial charge in [-0.05, 0) is 36.1 Å². The summed E-state index contributed by atoms with van der Waals surface area (Å²) in [7, 11) is 0. The molecule has 0 aliphatic heterocycles. The van der Waals surface area contributed by atoms with E-state index in [1.54, 1.807) is 6.26 Å². The number of rotatable bonds is 3. The lowest BCUT2D eigenvalue weighted by atomic mass is 10.1. The van der Waals surface area contributed by atoms with Gasteiger partial charge in [0.25, 0.3) is 5.91 Å². The van der Waals surface area contributed by atoms with Gasteiger partial charge < -0.3 is 9.73 Å². The Labute approximate surface area is 114 Å². The Hall–Kier alpha value is -2.07. The van der Waals surface area contributed by atoms with Crippen molar-refractivity contribution in [2.45, 2.75) is 13.5 Å². The molecule has 3 nitrogen and oxygen atoms in total. The minimum absolute atomic E-state index is 0.0462. The van der Waals surface area contributed by atoms with Crippen molar-refractivity contribution in [2.75, 3.05) is 0 Å². The van der Waals surface area contributed by atoms with Crippen LogP contribution in [0.4, 0.5) is 0 Å². The molecule has 4 heteroatoms. The standard InChI is InChI=1S/C15H13NO2S/c1-10-12-6-2-3-7-13(12)19-14(10)15(17)16-9-11-5-4-8-18-11/h2-8H,9H2,1H3,(H,16,17). The molecule has 1 amide bonds. The number of nitrogens with one attached hydrogen (secondary N) is 1. The highest BCUT2D eigenvalue weighted by Gasteiger charge is 2.14. The van der Waals surface area contributed by atoms with E-state index in [1.807, 2.05) is 43.3 Å². The van der Waals surface area contributed by atoms with Gasteiger partial charge in [0.15, 0.2) is 0 Å². The van der Waals surface area contributed by atoms with Crippen LogP contribution >= 0.6 is 11.3 Å². The fraction of sp³-hybridized carbons (Fsp3) is 0.133. The van der Waals surface area contributed by atoms with Gasteiger partial charge in [-0.15, -0.1) is 11.3 Å². The van der Waals surface area contributed by atoms with Crippen molar-refractivity contribution < 1.29 is 9.21 Å². The van der Waals surface area contributed by atoms with E-state index < -0.39 is 0 Å². The lowest BCUT2D eigenvalue weighted by Gasteiger charge is -2.02. The molecule has 0 fully saturated rings. The third-order valence-corrected chi connectivity index (χ3v) is 4.32. The topological polar surface area (TPSA) is 42.2 Å². The van der Waals surface area contributed by atoms with Gasteiger partial charge in [-0.25, -0.2) is 0 Å². The van der Waals surface area contributed by atoms with Crippen LogP contribution in [0.15, 0.2) is 47.1 Å². The molecule has 3 aromatic rings. The molecule has 0 aliphatic rings. The SMILES string of the molecule is Cc1c(C(=O)NCc2ccco2)sc2ccccc12. The third-order valence-electron chi connectivity index (χ3n) is 3.05. The van der Waals surface area contributed by atoms with Crippen molar-refractivity contribution in [3.8, 4) is 0 Å². The van der Waals surface area contributed by atoms with Gasteiger partial charge in [0.1, 0.15) is 5.76 Å². The Morgan fingerprint density at radius 1 is 1.26 bits per heavy atom. The fourth-order valence-electron chi connectivity index (χ4n) is 2.05. The molecule has 0 bridgehead atoms. The highest BCUT2D eigenvalue weighted by molar-refractivity contribution is 7.21. The van der Waals surface area contributed by atoms with E-state index in [-0.39, 0.29) is 5.91 Å². The largest absolute Gasteiger partial charge is 0.467 e. The number of thiophene rings is 1. The molecular weight excluding hydrogens is 258 g/mol. The van der Waals surface area contributed by atoms with Crippen LogP contribution in [0.1, 0.15) is 21.0 Å². The zero-order chi connectivity index (χ0) is 13.2. The summed E-state index contributed by atoms with van der Waals surface area (Å²) in [6, 6.07) is 11.7. The predicted molar refractivity (Wildman–Crippen MR) is 76.4 cm³/mol. The quantitative estimate of drug-likeness (QED) is 0.788. The fourth-order valence-corrected chi connectivity index (χ4v) is 3.18. The van der Waals surface area contributed by atoms with Gasteiger partial charge in [0, 0.05) is 4.70 Å². The van der Waals surface area contributed by atoms with E-state index in [4.69, 9.17) is 4.42 Å². The molecule has 0 unspecified atom stereocenters. The number of hydrogen-bond donors (Lipinski definition) is 1. The summed E-state index contributed by atoms with van der Waals surface area (Å²) in [5.74, 6) is 0.710. The first-order chi connectivity index (χ1) is 9.25. The smallest absolute Gasteiger partial charge is 0.262 e. The van der Waals surface area contributed by atoms with Crippen LogP contribution in [0.2, 0.25) is 0 Å². The van der Waals surface area contributed by atoms with Gasteiger partial charge in [-0.3, -0.25) is 4.79 Å². The van der Waals surface area contributed by atoms with Crippen molar-refractivity contribution >= 4 is 27.3 Å². The van der Waals surface area contributed by atoms with Crippen molar-refractivity contribution in [2.24, 2.45) is 0 Å². The van der Waals surface area contributed by atoms with Crippen molar-refractivity contribution in [1.29, 1.82) is 0 Å². The average molecular weight is 271 g/mol. The second kappa shape index (κ2) is 4.90. The normalized spacial score (nSPS) is 10.8. The molecule has 1 aromatic carbocycles. The van der Waals surface area contributed by atoms with Crippen LogP contribution < -0.4 is 5.32 Å². The second-order valence-electron chi connectivity index (χ2n) is 4.31. The van der Waals surface area contributed by atoms with Crippen molar-refractivity contribution in [3.63, 3.8) is 0 Å². The molecular formula is C15H13NO2S. The number of aryl methyl sites for hydroxylation is 1. The molecule has 19 heavy (non-hydrogen) atoms. The first-order valence-corrected chi connectivity index (χ1v) is 6.86. The lowest BCUT2D eigenvalue weighted by Crippen LogP contribution is -2.22. The minimum Gasteiger partial charge on any atom is -0.467 e. The summed E-state index contributed by atoms with van der Waals surface area (Å²) in [6.45, 7) is 2.40. The first-order valence-electron chi connectivity index (χ1n) is 6.04. The number of carbonyl (C=O) groups is 1. The number of carbonyl (C=O) groups excluding carboxylic acids is 1. The van der Waals surface area contributed by atoms with E-state index in [0.29, 0.717) is 6.54 Å². The number of hydrogen-bond acceptors (Lipinski definition) is 3. The van der Waals surface area contributed by atoms with Crippen LogP contribution in [0.25, 0.3) is 10.1 Å². The molecule has 2 heterocycles. The Bertz CT molecular complexity index is 713. The zero-order valence-corrected chi connectivity index (χ0v) is 11.3. The minimum atomic E-state index is -0.0462. The second-order valence-corrected chi connectivity index (χ2v) is 5.37. The van der Waals surface area contributed by atoms with Gasteiger partial charge in [-0.2, -0.15) is 0 Å². The number of benzene rings is 1. The predicted octanol–water partition coefficient (Wildman–Crippen LogP) is 3.73. The van der Waals surface area contributed by atoms with E-state index in [1.165, 1.54) is 11.3 Å². The molecule has 0 aliphatic carbocycles. The molecule has 3 rings (SSSR count). The Kier molecular flexibility index (Phi) is 3.09. The molecule has 96 valence electrons. The maximum Gasteiger partial charge on any atom is 0.262 e. The Morgan fingerprint density at radius 2 is 2.11 bits per heavy atom. The van der Waals surface area contributed by atoms with E-state index in [2.05, 4.69) is 5.32 Å². The molecule has 0 radical (unpaired) electrons. The van der Waals surface area contributed by atoms with Gasteiger partial charge in [0.05, 0.1) is 17.7 Å². The number of amides is 1. The third kappa shape index (κ3) is 2.27. The van der Waals surface area contributed by atoms with Crippen molar-refractivity contribution in [1.82, 2.24) is 5.32 Å². The molecule has 0 saturated heterocycles. The lowest BCUT2D eigenvalue weighted by molar-refractivity contribution is 0.0951. The van der Waals surface area contributed by atoms with E-state index >= 15 is 0 Å². The Morgan fingerprint density at radius 3 is 2.84 bits per heavy atom. The number of fused-ring (bicyclic) bond motifs is 1. The highest BCUT2D eigenvalue weighted by atomic mass is 32.1. The first kappa shape index (κ1) is 12.0. The summed E-state index contributed by atoms with van der Waals surface area (Å²) < 4.78 is 6.34. The van der Waals surface area contributed by atoms with Crippen LogP contribution in [-0.4, -0.2) is 5.91 Å². The average Bonchev–Trinajstić information content (AvgIpc) is 3.05. The highest BCUT2D eigenvalue weighted by Crippen LogP contribution is 2.30. The summed E-state index contributed by atoms with van der Waals surface area (Å²) in [5, 5.41) is 4.03. The van der Waals surface area contributed by atoms with Gasteiger partial charge in [0.2, 0.25) is 0 Å². The van der Waals surface area contributed by atoms with Crippen LogP contribution in [-0.2, 0) is 6.54 Å². The number of furan rings is 1. The Balaban J connectivity index is 1.83. The summed E-state index contributed by atoms with van der Waals surface area (Å²) in [4.78, 5) is 13.0. The van der Waals surface area contributed by atoms with Gasteiger partial charge >= 0.3 is 0 Å². The zero-order valence-electron chi connectivity index (χ0n) is 10.5. The molecule has 2 aromatic heterocycles. The van der Waals surface area contributed by atoms with Crippen LogP contribution in [0, 0.1) is 6.92 Å². The summed E-state index contributed by atoms with van der Waals surface area (Å²) in [5.41, 5.74) is 1.04. The van der Waals surface area contributed by atoms with Gasteiger partial charge in [-0.1, -0.05) is 18.2 Å². The monoisotopic (exact) mass is 271 g/mol. The summed E-state index contributed by atoms with van der Waals surface area (Å²) in [6.07, 6.45) is 1.60. The van der Waals surface area contributed by atoms with Crippen LogP contribution in [0.5, 0.6) is 0 Å². The molecule has 0 saturated carbocycles. The van der Waals surface area contributed by atoms with E-state index in [9.17, 15) is 4.79 Å². The van der Waals surface area contributed by atoms with Crippen LogP contribution in [0.3, 0.4) is 0 Å². The molecule has 0 atom stereocenters. The van der Waals surface area contributed by atoms with Crippen molar-refractivity contribution in [3.05, 3.63) is 58.9 Å². The maximum atomic E-state index is 12.2.